The maximum absolute atomic E-state index is 14.2. The van der Waals surface area contributed by atoms with Crippen LogP contribution in [0.15, 0.2) is 23.3 Å². The van der Waals surface area contributed by atoms with E-state index in [0.717, 1.165) is 5.57 Å². The van der Waals surface area contributed by atoms with Gasteiger partial charge in [0, 0.05) is 17.8 Å². The third-order valence-electron chi connectivity index (χ3n) is 8.35. The number of aliphatic hydroxyl groups excluding tert-OH is 1. The normalized spacial score (nSPS) is 42.9. The molecule has 4 rings (SSSR count). The first-order valence-corrected chi connectivity index (χ1v) is 10.2. The lowest BCUT2D eigenvalue weighted by atomic mass is 9.48. The van der Waals surface area contributed by atoms with Crippen LogP contribution in [0, 0.1) is 34.5 Å². The minimum Gasteiger partial charge on any atom is -0.389 e. The molecule has 6 atom stereocenters. The highest BCUT2D eigenvalue weighted by atomic mass is 19.4. The lowest BCUT2D eigenvalue weighted by Crippen LogP contribution is -2.52. The van der Waals surface area contributed by atoms with Crippen LogP contribution < -0.4 is 0 Å². The molecule has 0 radical (unpaired) electrons. The van der Waals surface area contributed by atoms with E-state index in [1.807, 2.05) is 19.9 Å². The molecule has 3 nitrogen and oxygen atoms in total. The monoisotopic (exact) mass is 396 g/mol. The summed E-state index contributed by atoms with van der Waals surface area (Å²) in [4.78, 5) is 24.2. The highest BCUT2D eigenvalue weighted by Gasteiger charge is 2.63. The number of halogens is 3. The Labute approximate surface area is 163 Å². The zero-order valence-corrected chi connectivity index (χ0v) is 16.3. The number of ketones is 2. The molecule has 4 aliphatic rings. The molecule has 0 spiro atoms. The van der Waals surface area contributed by atoms with Gasteiger partial charge in [0.15, 0.2) is 11.6 Å². The van der Waals surface area contributed by atoms with Crippen LogP contribution in [0.2, 0.25) is 0 Å². The van der Waals surface area contributed by atoms with Crippen LogP contribution in [0.3, 0.4) is 0 Å². The quantitative estimate of drug-likeness (QED) is 0.704. The third-order valence-corrected chi connectivity index (χ3v) is 8.35. The summed E-state index contributed by atoms with van der Waals surface area (Å²) in [5.41, 5.74) is 0.429. The fourth-order valence-electron chi connectivity index (χ4n) is 6.82. The summed E-state index contributed by atoms with van der Waals surface area (Å²) in [5, 5.41) is 9.35. The van der Waals surface area contributed by atoms with Crippen molar-refractivity contribution in [3.63, 3.8) is 0 Å². The van der Waals surface area contributed by atoms with Crippen molar-refractivity contribution in [2.24, 2.45) is 34.5 Å². The van der Waals surface area contributed by atoms with Crippen molar-refractivity contribution in [3.05, 3.63) is 23.3 Å². The van der Waals surface area contributed by atoms with Gasteiger partial charge in [-0.25, -0.2) is 0 Å². The first-order valence-electron chi connectivity index (χ1n) is 10.2. The number of alkyl halides is 3. The molecule has 0 saturated heterocycles. The van der Waals surface area contributed by atoms with Gasteiger partial charge >= 0.3 is 6.18 Å². The summed E-state index contributed by atoms with van der Waals surface area (Å²) >= 11 is 0. The van der Waals surface area contributed by atoms with E-state index in [1.54, 1.807) is 0 Å². The summed E-state index contributed by atoms with van der Waals surface area (Å²) in [6.45, 7) is 3.37. The van der Waals surface area contributed by atoms with E-state index in [-0.39, 0.29) is 29.8 Å². The molecule has 2 fully saturated rings. The molecule has 0 bridgehead atoms. The van der Waals surface area contributed by atoms with Crippen LogP contribution in [0.25, 0.3) is 0 Å². The zero-order valence-electron chi connectivity index (χ0n) is 16.3. The zero-order chi connectivity index (χ0) is 20.5. The number of rotatable bonds is 2. The van der Waals surface area contributed by atoms with E-state index in [1.165, 1.54) is 6.08 Å². The van der Waals surface area contributed by atoms with Gasteiger partial charge < -0.3 is 5.11 Å². The standard InChI is InChI=1S/C22H27F3O3/c1-20-7-5-13(27)9-12(20)10-17(22(23,24)25)19-15-4-3-14(18(28)11-26)21(15,2)8-6-16(19)20/h6,9,14-15,17,19,26H,3-5,7-8,10-11H2,1-2H3/t14-,15?,17?,19?,20+,21-/m1/s1. The maximum Gasteiger partial charge on any atom is 0.392 e. The predicted octanol–water partition coefficient (Wildman–Crippen LogP) is 4.40. The summed E-state index contributed by atoms with van der Waals surface area (Å²) in [5.74, 6) is -3.11. The van der Waals surface area contributed by atoms with E-state index in [0.29, 0.717) is 37.7 Å². The average molecular weight is 396 g/mol. The van der Waals surface area contributed by atoms with Crippen LogP contribution in [0.5, 0.6) is 0 Å². The molecule has 3 unspecified atom stereocenters. The topological polar surface area (TPSA) is 54.4 Å². The molecule has 154 valence electrons. The average Bonchev–Trinajstić information content (AvgIpc) is 2.97. The Morgan fingerprint density at radius 1 is 1.29 bits per heavy atom. The third kappa shape index (κ3) is 2.66. The number of allylic oxidation sites excluding steroid dienone is 4. The van der Waals surface area contributed by atoms with Crippen molar-refractivity contribution in [3.8, 4) is 0 Å². The van der Waals surface area contributed by atoms with Gasteiger partial charge in [0.2, 0.25) is 0 Å². The van der Waals surface area contributed by atoms with E-state index in [9.17, 15) is 27.9 Å². The molecular formula is C22H27F3O3. The second-order valence-electron chi connectivity index (χ2n) is 9.58. The van der Waals surface area contributed by atoms with Crippen molar-refractivity contribution < 1.29 is 27.9 Å². The molecule has 0 heterocycles. The number of aliphatic hydroxyl groups is 1. The van der Waals surface area contributed by atoms with Crippen molar-refractivity contribution in [1.29, 1.82) is 0 Å². The lowest BCUT2D eigenvalue weighted by molar-refractivity contribution is -0.200. The first kappa shape index (κ1) is 19.9. The lowest BCUT2D eigenvalue weighted by Gasteiger charge is -2.56. The minimum atomic E-state index is -4.36. The number of carbonyl (C=O) groups excluding carboxylic acids is 2. The molecule has 1 N–H and O–H groups in total. The Balaban J connectivity index is 1.83. The molecule has 0 aromatic rings. The van der Waals surface area contributed by atoms with Gasteiger partial charge in [0.1, 0.15) is 6.61 Å². The molecule has 4 aliphatic carbocycles. The maximum atomic E-state index is 14.2. The van der Waals surface area contributed by atoms with E-state index in [2.05, 4.69) is 0 Å². The van der Waals surface area contributed by atoms with Gasteiger partial charge in [0.05, 0.1) is 5.92 Å². The van der Waals surface area contributed by atoms with Gasteiger partial charge in [-0.3, -0.25) is 9.59 Å². The fraction of sp³-hybridized carbons (Fsp3) is 0.727. The van der Waals surface area contributed by atoms with Crippen molar-refractivity contribution >= 4 is 11.6 Å². The summed E-state index contributed by atoms with van der Waals surface area (Å²) in [6, 6.07) is 0. The van der Waals surface area contributed by atoms with Crippen molar-refractivity contribution in [2.45, 2.75) is 58.5 Å². The largest absolute Gasteiger partial charge is 0.392 e. The number of fused-ring (bicyclic) bond motifs is 5. The van der Waals surface area contributed by atoms with E-state index >= 15 is 0 Å². The second-order valence-corrected chi connectivity index (χ2v) is 9.58. The Morgan fingerprint density at radius 3 is 2.64 bits per heavy atom. The smallest absolute Gasteiger partial charge is 0.389 e. The highest BCUT2D eigenvalue weighted by molar-refractivity contribution is 5.92. The predicted molar refractivity (Wildman–Crippen MR) is 97.2 cm³/mol. The van der Waals surface area contributed by atoms with Crippen LogP contribution in [-0.4, -0.2) is 29.5 Å². The van der Waals surface area contributed by atoms with Gasteiger partial charge in [-0.1, -0.05) is 31.1 Å². The summed E-state index contributed by atoms with van der Waals surface area (Å²) < 4.78 is 42.5. The molecule has 6 heteroatoms. The van der Waals surface area contributed by atoms with Gasteiger partial charge in [0.25, 0.3) is 0 Å². The van der Waals surface area contributed by atoms with Gasteiger partial charge in [-0.15, -0.1) is 0 Å². The number of hydrogen-bond donors (Lipinski definition) is 1. The molecule has 0 aromatic carbocycles. The number of hydrogen-bond acceptors (Lipinski definition) is 3. The minimum absolute atomic E-state index is 0.0810. The Kier molecular flexibility index (Phi) is 4.46. The Hall–Kier alpha value is -1.43. The van der Waals surface area contributed by atoms with E-state index < -0.39 is 35.4 Å². The van der Waals surface area contributed by atoms with Crippen LogP contribution in [0.1, 0.15) is 52.4 Å². The molecule has 0 aromatic heterocycles. The second kappa shape index (κ2) is 6.28. The van der Waals surface area contributed by atoms with Gasteiger partial charge in [-0.05, 0) is 55.4 Å². The summed E-state index contributed by atoms with van der Waals surface area (Å²) in [7, 11) is 0. The molecule has 28 heavy (non-hydrogen) atoms. The van der Waals surface area contributed by atoms with Crippen molar-refractivity contribution in [1.82, 2.24) is 0 Å². The van der Waals surface area contributed by atoms with E-state index in [4.69, 9.17) is 0 Å². The van der Waals surface area contributed by atoms with Crippen LogP contribution in [0.4, 0.5) is 13.2 Å². The SMILES string of the molecule is C[C@]12CCC(=O)C=C1CC(C(F)(F)F)C1C2=CC[C@@]2(C)C1CC[C@@H]2C(=O)CO. The van der Waals surface area contributed by atoms with Crippen LogP contribution in [-0.2, 0) is 9.59 Å². The number of carbonyl (C=O) groups is 2. The molecule has 2 saturated carbocycles. The van der Waals surface area contributed by atoms with Crippen molar-refractivity contribution in [2.75, 3.05) is 6.61 Å². The highest BCUT2D eigenvalue weighted by Crippen LogP contribution is 2.67. The van der Waals surface area contributed by atoms with Gasteiger partial charge in [-0.2, -0.15) is 13.2 Å². The first-order chi connectivity index (χ1) is 13.0. The molecular weight excluding hydrogens is 369 g/mol. The Bertz CT molecular complexity index is 780. The fourth-order valence-corrected chi connectivity index (χ4v) is 6.82. The van der Waals surface area contributed by atoms with Crippen LogP contribution >= 0.6 is 0 Å². The Morgan fingerprint density at radius 2 is 2.00 bits per heavy atom. The summed E-state index contributed by atoms with van der Waals surface area (Å²) in [6.07, 6.45) is 1.53. The molecule has 0 amide bonds. The number of Topliss-reactive ketones (excluding diaryl/α,β-unsaturated/α-hetero) is 1. The molecule has 0 aliphatic heterocycles.